The van der Waals surface area contributed by atoms with Crippen LogP contribution in [0.5, 0.6) is 0 Å². The van der Waals surface area contributed by atoms with Gasteiger partial charge in [0.05, 0.1) is 0 Å². The fourth-order valence-electron chi connectivity index (χ4n) is 4.73. The summed E-state index contributed by atoms with van der Waals surface area (Å²) in [5.74, 6) is 1.46. The van der Waals surface area contributed by atoms with E-state index in [2.05, 4.69) is 68.5 Å². The molecule has 0 saturated heterocycles. The molecule has 1 saturated carbocycles. The van der Waals surface area contributed by atoms with Crippen LogP contribution in [0.4, 0.5) is 0 Å². The zero-order chi connectivity index (χ0) is 21.6. The molecule has 0 aliphatic heterocycles. The van der Waals surface area contributed by atoms with Crippen LogP contribution in [0.25, 0.3) is 12.2 Å². The van der Waals surface area contributed by atoms with Crippen molar-refractivity contribution in [1.82, 2.24) is 19.9 Å². The van der Waals surface area contributed by atoms with Gasteiger partial charge in [-0.25, -0.2) is 0 Å². The van der Waals surface area contributed by atoms with E-state index in [1.54, 1.807) is 0 Å². The average molecular weight is 562 g/mol. The molecular formula is C28H28Cl4N4. The summed E-state index contributed by atoms with van der Waals surface area (Å²) in [6.07, 6.45) is 24.1. The highest BCUT2D eigenvalue weighted by Gasteiger charge is 2.48. The molecule has 0 N–H and O–H groups in total. The Bertz CT molecular complexity index is 1100. The van der Waals surface area contributed by atoms with Gasteiger partial charge in [0.25, 0.3) is 0 Å². The second-order valence-corrected chi connectivity index (χ2v) is 8.05. The highest BCUT2D eigenvalue weighted by Crippen LogP contribution is 2.59. The molecule has 1 aliphatic rings. The summed E-state index contributed by atoms with van der Waals surface area (Å²) in [5.41, 5.74) is 4.97. The lowest BCUT2D eigenvalue weighted by Crippen LogP contribution is -2.41. The lowest BCUT2D eigenvalue weighted by Gasteiger charge is -2.51. The third-order valence-corrected chi connectivity index (χ3v) is 6.28. The van der Waals surface area contributed by atoms with Gasteiger partial charge in [0.1, 0.15) is 0 Å². The number of aromatic nitrogens is 4. The Balaban J connectivity index is 0.00000162. The van der Waals surface area contributed by atoms with Crippen molar-refractivity contribution in [3.05, 3.63) is 133 Å². The second-order valence-electron chi connectivity index (χ2n) is 8.05. The minimum absolute atomic E-state index is 0. The van der Waals surface area contributed by atoms with E-state index in [0.29, 0.717) is 23.7 Å². The molecule has 4 nitrogen and oxygen atoms in total. The zero-order valence-electron chi connectivity index (χ0n) is 19.3. The van der Waals surface area contributed by atoms with Crippen LogP contribution in [0.3, 0.4) is 0 Å². The number of nitrogens with zero attached hydrogens (tertiary/aromatic N) is 4. The first kappa shape index (κ1) is 31.3. The van der Waals surface area contributed by atoms with Crippen molar-refractivity contribution in [3.8, 4) is 0 Å². The van der Waals surface area contributed by atoms with Crippen LogP contribution >= 0.6 is 49.6 Å². The van der Waals surface area contributed by atoms with Gasteiger partial charge in [-0.3, -0.25) is 19.9 Å². The molecule has 4 heterocycles. The molecule has 4 aromatic heterocycles. The van der Waals surface area contributed by atoms with Gasteiger partial charge in [-0.1, -0.05) is 24.3 Å². The molecule has 36 heavy (non-hydrogen) atoms. The Labute approximate surface area is 237 Å². The summed E-state index contributed by atoms with van der Waals surface area (Å²) in [6, 6.07) is 16.8. The minimum Gasteiger partial charge on any atom is -0.265 e. The van der Waals surface area contributed by atoms with Gasteiger partial charge in [-0.2, -0.15) is 0 Å². The van der Waals surface area contributed by atoms with Crippen LogP contribution in [0.2, 0.25) is 0 Å². The average Bonchev–Trinajstić information content (AvgIpc) is 2.86. The van der Waals surface area contributed by atoms with Gasteiger partial charge in [0.15, 0.2) is 0 Å². The first-order valence-electron chi connectivity index (χ1n) is 10.9. The van der Waals surface area contributed by atoms with Crippen LogP contribution < -0.4 is 0 Å². The summed E-state index contributed by atoms with van der Waals surface area (Å²) >= 11 is 0. The largest absolute Gasteiger partial charge is 0.265 e. The van der Waals surface area contributed by atoms with Gasteiger partial charge in [0, 0.05) is 49.6 Å². The molecule has 0 amide bonds. The summed E-state index contributed by atoms with van der Waals surface area (Å²) in [7, 11) is 0. The molecular weight excluding hydrogens is 534 g/mol. The third kappa shape index (κ3) is 7.14. The van der Waals surface area contributed by atoms with Crippen molar-refractivity contribution in [2.75, 3.05) is 0 Å². The lowest BCUT2D eigenvalue weighted by molar-refractivity contribution is 0.177. The number of allylic oxidation sites excluding steroid dienone is 2. The van der Waals surface area contributed by atoms with Crippen LogP contribution in [-0.2, 0) is 0 Å². The molecule has 188 valence electrons. The number of pyridine rings is 4. The Morgan fingerprint density at radius 3 is 1.00 bits per heavy atom. The van der Waals surface area contributed by atoms with Gasteiger partial charge < -0.3 is 0 Å². The number of hydrogen-bond donors (Lipinski definition) is 0. The Morgan fingerprint density at radius 2 is 0.694 bits per heavy atom. The van der Waals surface area contributed by atoms with Crippen molar-refractivity contribution in [2.24, 2.45) is 11.8 Å². The monoisotopic (exact) mass is 560 g/mol. The molecule has 0 radical (unpaired) electrons. The summed E-state index contributed by atoms with van der Waals surface area (Å²) in [6.45, 7) is 0. The lowest BCUT2D eigenvalue weighted by atomic mass is 9.52. The smallest absolute Gasteiger partial charge is 0.0273 e. The van der Waals surface area contributed by atoms with Gasteiger partial charge in [-0.15, -0.1) is 49.6 Å². The van der Waals surface area contributed by atoms with Crippen molar-refractivity contribution in [1.29, 1.82) is 0 Å². The fraction of sp³-hybridized carbons (Fsp3) is 0.143. The predicted molar refractivity (Wildman–Crippen MR) is 156 cm³/mol. The zero-order valence-corrected chi connectivity index (χ0v) is 22.5. The first-order valence-corrected chi connectivity index (χ1v) is 10.9. The topological polar surface area (TPSA) is 51.6 Å². The van der Waals surface area contributed by atoms with Crippen LogP contribution in [0.1, 0.15) is 34.1 Å². The summed E-state index contributed by atoms with van der Waals surface area (Å²) in [4.78, 5) is 16.8. The van der Waals surface area contributed by atoms with Crippen LogP contribution in [0, 0.1) is 11.8 Å². The van der Waals surface area contributed by atoms with Crippen molar-refractivity contribution in [3.63, 3.8) is 0 Å². The molecule has 1 fully saturated rings. The van der Waals surface area contributed by atoms with E-state index in [4.69, 9.17) is 0 Å². The minimum atomic E-state index is 0. The maximum atomic E-state index is 4.24. The molecule has 1 aliphatic carbocycles. The van der Waals surface area contributed by atoms with E-state index < -0.39 is 0 Å². The van der Waals surface area contributed by atoms with E-state index in [0.717, 1.165) is 11.1 Å². The van der Waals surface area contributed by atoms with E-state index in [1.165, 1.54) is 11.1 Å². The molecule has 0 unspecified atom stereocenters. The molecule has 4 aromatic rings. The number of hydrogen-bond acceptors (Lipinski definition) is 4. The fourth-order valence-corrected chi connectivity index (χ4v) is 4.73. The van der Waals surface area contributed by atoms with Crippen LogP contribution in [-0.4, -0.2) is 19.9 Å². The molecule has 4 atom stereocenters. The van der Waals surface area contributed by atoms with Crippen molar-refractivity contribution < 1.29 is 0 Å². The van der Waals surface area contributed by atoms with E-state index in [9.17, 15) is 0 Å². The van der Waals surface area contributed by atoms with Crippen molar-refractivity contribution in [2.45, 2.75) is 11.8 Å². The number of halogens is 4. The van der Waals surface area contributed by atoms with Gasteiger partial charge >= 0.3 is 0 Å². The highest BCUT2D eigenvalue weighted by molar-refractivity contribution is 5.86. The molecule has 5 rings (SSSR count). The van der Waals surface area contributed by atoms with Crippen molar-refractivity contribution >= 4 is 61.8 Å². The predicted octanol–water partition coefficient (Wildman–Crippen LogP) is 7.49. The quantitative estimate of drug-likeness (QED) is 0.244. The van der Waals surface area contributed by atoms with Crippen LogP contribution in [0.15, 0.2) is 110 Å². The molecule has 0 spiro atoms. The second kappa shape index (κ2) is 15.4. The normalized spacial score (nSPS) is 20.2. The molecule has 0 aromatic carbocycles. The van der Waals surface area contributed by atoms with E-state index in [1.807, 2.05) is 73.8 Å². The van der Waals surface area contributed by atoms with E-state index >= 15 is 0 Å². The summed E-state index contributed by atoms with van der Waals surface area (Å²) in [5, 5.41) is 0. The highest BCUT2D eigenvalue weighted by atomic mass is 35.5. The van der Waals surface area contributed by atoms with Gasteiger partial charge in [0.2, 0.25) is 0 Å². The maximum Gasteiger partial charge on any atom is 0.0273 e. The molecule has 8 heteroatoms. The standard InChI is InChI=1S/C28H24N4.4ClH/c1(21-5-13-29-14-6-21)3-25-26(4-2-22-7-15-30-16-8-22)28(24-11-19-32-20-12-24)27(25)23-9-17-31-18-10-23;;;;/h1-20,25-28H;4*1H/b3-1+,4-2+;;;;/t25-,26+,27+,28-;;;;. The van der Waals surface area contributed by atoms with E-state index in [-0.39, 0.29) is 49.6 Å². The SMILES string of the molecule is C(=C\[C@@H]1[C@H](/C=C/c2ccncc2)[C@@H](c2ccncc2)[C@H]1c1ccncc1)/c1ccncc1.Cl.Cl.Cl.Cl. The van der Waals surface area contributed by atoms with Gasteiger partial charge in [-0.05, 0) is 94.5 Å². The molecule has 0 bridgehead atoms. The summed E-state index contributed by atoms with van der Waals surface area (Å²) < 4.78 is 0. The Morgan fingerprint density at radius 1 is 0.417 bits per heavy atom. The third-order valence-electron chi connectivity index (χ3n) is 6.28. The Kier molecular flexibility index (Phi) is 13.4. The maximum absolute atomic E-state index is 4.24. The Hall–Kier alpha value is -2.76. The number of rotatable bonds is 6. The first-order chi connectivity index (χ1) is 15.9.